The quantitative estimate of drug-likeness (QED) is 0.124. The molecule has 62 heavy (non-hydrogen) atoms. The molecule has 332 valence electrons. The molecule has 1 saturated heterocycles. The molecule has 7 rings (SSSR count). The van der Waals surface area contributed by atoms with Gasteiger partial charge in [-0.05, 0) is 78.4 Å². The van der Waals surface area contributed by atoms with E-state index in [9.17, 15) is 27.6 Å². The second kappa shape index (κ2) is 18.0. The average molecular weight is 887 g/mol. The Morgan fingerprint density at radius 3 is 2.50 bits per heavy atom. The van der Waals surface area contributed by atoms with Crippen molar-refractivity contribution in [1.29, 1.82) is 0 Å². The van der Waals surface area contributed by atoms with Crippen LogP contribution in [-0.2, 0) is 34.1 Å². The Labute approximate surface area is 368 Å². The first kappa shape index (κ1) is 45.1. The van der Waals surface area contributed by atoms with E-state index in [4.69, 9.17) is 19.4 Å². The van der Waals surface area contributed by atoms with Gasteiger partial charge in [-0.2, -0.15) is 17.7 Å². The number of aromatic nitrogens is 3. The predicted octanol–water partition coefficient (Wildman–Crippen LogP) is 7.51. The number of ketones is 1. The normalized spacial score (nSPS) is 24.3. The molecule has 5 atom stereocenters. The Balaban J connectivity index is 1.23. The third kappa shape index (κ3) is 9.82. The Morgan fingerprint density at radius 2 is 1.79 bits per heavy atom. The number of allylic oxidation sites excluding steroid dienone is 2. The van der Waals surface area contributed by atoms with E-state index in [0.717, 1.165) is 50.9 Å². The lowest BCUT2D eigenvalue weighted by Gasteiger charge is -2.29. The van der Waals surface area contributed by atoms with Crippen molar-refractivity contribution >= 4 is 56.1 Å². The van der Waals surface area contributed by atoms with Crippen molar-refractivity contribution in [3.63, 3.8) is 0 Å². The molecule has 16 heteroatoms. The summed E-state index contributed by atoms with van der Waals surface area (Å²) in [6.45, 7) is 9.44. The van der Waals surface area contributed by atoms with Crippen molar-refractivity contribution in [2.75, 3.05) is 20.6 Å². The topological polar surface area (TPSA) is 170 Å². The number of carbonyl (C=O) groups is 4. The van der Waals surface area contributed by atoms with Gasteiger partial charge in [0.05, 0.1) is 35.6 Å². The molecular formula is C46H58N6O8S2. The smallest absolute Gasteiger partial charge is 0.307 e. The van der Waals surface area contributed by atoms with Crippen molar-refractivity contribution in [2.45, 2.75) is 116 Å². The number of amides is 2. The highest BCUT2D eigenvalue weighted by Crippen LogP contribution is 2.57. The summed E-state index contributed by atoms with van der Waals surface area (Å²) in [6.07, 6.45) is 6.66. The summed E-state index contributed by atoms with van der Waals surface area (Å²) in [5, 5.41) is 2.83. The number of thiazole rings is 1. The molecule has 2 aromatic carbocycles. The third-order valence-corrected chi connectivity index (χ3v) is 14.2. The second-order valence-electron chi connectivity index (χ2n) is 18.3. The molecule has 2 aromatic heterocycles. The summed E-state index contributed by atoms with van der Waals surface area (Å²) in [5.41, 5.74) is 2.21. The maximum absolute atomic E-state index is 14.8. The molecule has 4 heterocycles. The van der Waals surface area contributed by atoms with Gasteiger partial charge >= 0.3 is 16.2 Å². The van der Waals surface area contributed by atoms with Crippen molar-refractivity contribution in [1.82, 2.24) is 28.5 Å². The van der Waals surface area contributed by atoms with E-state index >= 15 is 0 Å². The SMILES string of the molecule is CC(C)n1c(O[C@@H]2C[C@H]3C(=O)C[C@]4(C(=O)NS(=O)(=O)N(C)C)C[C@H]4/C=C\CCCCC[C@H](CC(=O)OC(C)(C)C)C(=O)N3C2)nc2c(-c3nc(-c4ccccc4)cs3)cccc21. The zero-order valence-electron chi connectivity index (χ0n) is 36.6. The van der Waals surface area contributed by atoms with Gasteiger partial charge in [0.25, 0.3) is 6.01 Å². The lowest BCUT2D eigenvalue weighted by molar-refractivity contribution is -0.159. The summed E-state index contributed by atoms with van der Waals surface area (Å²) in [6, 6.07) is 15.2. The highest BCUT2D eigenvalue weighted by molar-refractivity contribution is 7.87. The van der Waals surface area contributed by atoms with Crippen LogP contribution in [0.1, 0.15) is 98.4 Å². The van der Waals surface area contributed by atoms with Crippen LogP contribution in [0.25, 0.3) is 32.9 Å². The van der Waals surface area contributed by atoms with E-state index in [-0.39, 0.29) is 49.5 Å². The lowest BCUT2D eigenvalue weighted by atomic mass is 9.90. The number of imidazole rings is 1. The highest BCUT2D eigenvalue weighted by atomic mass is 32.2. The van der Waals surface area contributed by atoms with Gasteiger partial charge in [-0.25, -0.2) is 9.71 Å². The molecule has 4 aromatic rings. The van der Waals surface area contributed by atoms with Crippen LogP contribution in [0.5, 0.6) is 6.01 Å². The first-order valence-corrected chi connectivity index (χ1v) is 23.8. The minimum Gasteiger partial charge on any atom is -0.460 e. The maximum atomic E-state index is 14.8. The van der Waals surface area contributed by atoms with Crippen LogP contribution in [-0.4, -0.2) is 94.1 Å². The predicted molar refractivity (Wildman–Crippen MR) is 238 cm³/mol. The monoisotopic (exact) mass is 886 g/mol. The fourth-order valence-corrected chi connectivity index (χ4v) is 10.1. The Hall–Kier alpha value is -4.93. The number of hydrogen-bond acceptors (Lipinski definition) is 11. The molecule has 0 bridgehead atoms. The molecule has 2 fully saturated rings. The van der Waals surface area contributed by atoms with Crippen LogP contribution in [0.3, 0.4) is 0 Å². The largest absolute Gasteiger partial charge is 0.460 e. The molecule has 1 aliphatic carbocycles. The van der Waals surface area contributed by atoms with E-state index in [1.54, 1.807) is 20.8 Å². The van der Waals surface area contributed by atoms with Crippen LogP contribution >= 0.6 is 11.3 Å². The summed E-state index contributed by atoms with van der Waals surface area (Å²) in [5.74, 6) is -3.08. The first-order chi connectivity index (χ1) is 29.4. The maximum Gasteiger partial charge on any atom is 0.307 e. The van der Waals surface area contributed by atoms with E-state index in [2.05, 4.69) is 4.72 Å². The molecule has 1 N–H and O–H groups in total. The Kier molecular flexibility index (Phi) is 13.1. The molecule has 1 saturated carbocycles. The number of rotatable bonds is 10. The first-order valence-electron chi connectivity index (χ1n) is 21.5. The molecular weight excluding hydrogens is 829 g/mol. The fourth-order valence-electron chi connectivity index (χ4n) is 8.66. The summed E-state index contributed by atoms with van der Waals surface area (Å²) >= 11 is 1.53. The van der Waals surface area contributed by atoms with Gasteiger partial charge in [-0.15, -0.1) is 11.3 Å². The van der Waals surface area contributed by atoms with Crippen LogP contribution < -0.4 is 9.46 Å². The van der Waals surface area contributed by atoms with E-state index in [1.807, 2.05) is 84.5 Å². The van der Waals surface area contributed by atoms with Crippen LogP contribution in [0.2, 0.25) is 0 Å². The standard InChI is InChI=1S/C46H58N6O8S2/c1-29(2)52-36-22-16-21-34(41-47-35(28-61-41)30-17-13-11-14-18-30)40(36)48-44(52)59-33-24-37-38(53)26-46(43(56)49-62(57,58)50(6)7)25-32(46)20-15-10-8-9-12-19-31(42(55)51(37)27-33)23-39(54)60-45(3,4)5/h11,13-18,20-22,28-29,31-33,37H,8-10,12,19,23-27H2,1-7H3,(H,49,56)/b20-15-/t31-,32-,33-,37+,46-/m1/s1. The number of nitrogens with one attached hydrogen (secondary N) is 1. The molecule has 0 radical (unpaired) electrons. The molecule has 2 amide bonds. The Bertz CT molecular complexity index is 2450. The van der Waals surface area contributed by atoms with Crippen molar-refractivity contribution in [2.24, 2.45) is 17.3 Å². The minimum absolute atomic E-state index is 0.0403. The van der Waals surface area contributed by atoms with Gasteiger partial charge in [0.15, 0.2) is 5.78 Å². The number of esters is 1. The molecule has 3 aliphatic rings. The summed E-state index contributed by atoms with van der Waals surface area (Å²) in [7, 11) is -1.49. The third-order valence-electron chi connectivity index (χ3n) is 12.0. The van der Waals surface area contributed by atoms with Crippen LogP contribution in [0, 0.1) is 17.3 Å². The van der Waals surface area contributed by atoms with Gasteiger partial charge in [0.2, 0.25) is 11.8 Å². The van der Waals surface area contributed by atoms with E-state index < -0.39 is 51.2 Å². The van der Waals surface area contributed by atoms with Gasteiger partial charge < -0.3 is 14.4 Å². The number of hydrogen-bond donors (Lipinski definition) is 1. The zero-order chi connectivity index (χ0) is 44.6. The molecule has 14 nitrogen and oxygen atoms in total. The van der Waals surface area contributed by atoms with Crippen LogP contribution in [0.4, 0.5) is 0 Å². The summed E-state index contributed by atoms with van der Waals surface area (Å²) < 4.78 is 43.2. The van der Waals surface area contributed by atoms with Gasteiger partial charge in [0, 0.05) is 55.4 Å². The lowest BCUT2D eigenvalue weighted by Crippen LogP contribution is -2.47. The number of benzene rings is 2. The Morgan fingerprint density at radius 1 is 1.03 bits per heavy atom. The number of nitrogens with zero attached hydrogens (tertiary/aromatic N) is 5. The molecule has 0 spiro atoms. The number of fused-ring (bicyclic) bond motifs is 3. The van der Waals surface area contributed by atoms with Crippen molar-refractivity contribution in [3.05, 3.63) is 66.1 Å². The number of para-hydroxylation sites is 1. The van der Waals surface area contributed by atoms with Crippen molar-refractivity contribution < 1.29 is 37.1 Å². The number of ether oxygens (including phenoxy) is 2. The number of Topliss-reactive ketones (excluding diaryl/α,β-unsaturated/α-hetero) is 1. The van der Waals surface area contributed by atoms with Crippen LogP contribution in [0.15, 0.2) is 66.1 Å². The van der Waals surface area contributed by atoms with E-state index in [1.165, 1.54) is 30.3 Å². The van der Waals surface area contributed by atoms with Crippen molar-refractivity contribution in [3.8, 4) is 27.8 Å². The number of carbonyl (C=O) groups excluding carboxylic acids is 4. The van der Waals surface area contributed by atoms with Gasteiger partial charge in [-0.1, -0.05) is 61.4 Å². The zero-order valence-corrected chi connectivity index (χ0v) is 38.3. The highest BCUT2D eigenvalue weighted by Gasteiger charge is 2.61. The second-order valence-corrected chi connectivity index (χ2v) is 21.0. The average Bonchev–Trinajstić information content (AvgIpc) is 3.56. The fraction of sp³-hybridized carbons (Fsp3) is 0.522. The molecule has 2 aliphatic heterocycles. The summed E-state index contributed by atoms with van der Waals surface area (Å²) in [4.78, 5) is 68.2. The van der Waals surface area contributed by atoms with Gasteiger partial charge in [0.1, 0.15) is 22.2 Å². The van der Waals surface area contributed by atoms with Gasteiger partial charge in [-0.3, -0.25) is 23.7 Å². The van der Waals surface area contributed by atoms with E-state index in [0.29, 0.717) is 30.8 Å². The molecule has 0 unspecified atom stereocenters. The minimum atomic E-state index is -4.14.